The predicted molar refractivity (Wildman–Crippen MR) is 52.9 cm³/mol. The molecular weight excluding hydrogens is 156 g/mol. The van der Waals surface area contributed by atoms with Gasteiger partial charge in [0.1, 0.15) is 0 Å². The maximum absolute atomic E-state index is 6.33. The lowest BCUT2D eigenvalue weighted by atomic mass is 9.74. The Morgan fingerprint density at radius 3 is 2.00 bits per heavy atom. The Morgan fingerprint density at radius 1 is 1.27 bits per heavy atom. The lowest BCUT2D eigenvalue weighted by Gasteiger charge is -2.38. The average Bonchev–Trinajstić information content (AvgIpc) is 1.87. The van der Waals surface area contributed by atoms with Crippen molar-refractivity contribution in [2.24, 2.45) is 5.41 Å². The highest BCUT2D eigenvalue weighted by atomic mass is 35.5. The first-order valence-corrected chi connectivity index (χ1v) is 4.73. The van der Waals surface area contributed by atoms with Crippen LogP contribution in [0.5, 0.6) is 0 Å². The SMILES string of the molecule is [CH2]CC(C)(Cl)C(C)(C)CCC. The zero-order valence-electron chi connectivity index (χ0n) is 8.21. The van der Waals surface area contributed by atoms with Gasteiger partial charge in [0, 0.05) is 4.87 Å². The average molecular weight is 176 g/mol. The molecule has 0 heterocycles. The first-order valence-electron chi connectivity index (χ1n) is 4.35. The Kier molecular flexibility index (Phi) is 3.90. The fourth-order valence-electron chi connectivity index (χ4n) is 1.22. The molecule has 0 fully saturated rings. The van der Waals surface area contributed by atoms with Crippen molar-refractivity contribution in [2.45, 2.75) is 51.8 Å². The van der Waals surface area contributed by atoms with E-state index >= 15 is 0 Å². The lowest BCUT2D eigenvalue weighted by molar-refractivity contribution is 0.236. The van der Waals surface area contributed by atoms with Crippen LogP contribution in [0.1, 0.15) is 47.0 Å². The van der Waals surface area contributed by atoms with Crippen LogP contribution in [-0.2, 0) is 0 Å². The van der Waals surface area contributed by atoms with Gasteiger partial charge >= 0.3 is 0 Å². The Labute approximate surface area is 76.3 Å². The Balaban J connectivity index is 4.26. The van der Waals surface area contributed by atoms with Crippen molar-refractivity contribution in [3.8, 4) is 0 Å². The second kappa shape index (κ2) is 3.80. The smallest absolute Gasteiger partial charge is 0.0469 e. The van der Waals surface area contributed by atoms with Crippen LogP contribution in [0.2, 0.25) is 0 Å². The third kappa shape index (κ3) is 2.66. The molecule has 0 N–H and O–H groups in total. The maximum atomic E-state index is 6.33. The van der Waals surface area contributed by atoms with Gasteiger partial charge in [0.2, 0.25) is 0 Å². The molecule has 0 aromatic heterocycles. The van der Waals surface area contributed by atoms with Crippen LogP contribution in [0.25, 0.3) is 0 Å². The van der Waals surface area contributed by atoms with Crippen molar-refractivity contribution >= 4 is 11.6 Å². The van der Waals surface area contributed by atoms with Gasteiger partial charge in [0.05, 0.1) is 0 Å². The molecule has 0 amide bonds. The number of rotatable bonds is 4. The molecule has 0 saturated carbocycles. The second-order valence-corrected chi connectivity index (χ2v) is 4.92. The van der Waals surface area contributed by atoms with Crippen LogP contribution in [0.15, 0.2) is 0 Å². The van der Waals surface area contributed by atoms with E-state index in [1.807, 2.05) is 0 Å². The molecule has 0 aliphatic rings. The fourth-order valence-corrected chi connectivity index (χ4v) is 1.32. The van der Waals surface area contributed by atoms with Crippen LogP contribution in [0, 0.1) is 12.3 Å². The van der Waals surface area contributed by atoms with E-state index in [0.29, 0.717) is 0 Å². The monoisotopic (exact) mass is 175 g/mol. The minimum Gasteiger partial charge on any atom is -0.119 e. The molecule has 0 bridgehead atoms. The molecule has 0 aromatic rings. The van der Waals surface area contributed by atoms with Crippen molar-refractivity contribution < 1.29 is 0 Å². The molecule has 0 spiro atoms. The minimum atomic E-state index is -0.150. The molecule has 0 aromatic carbocycles. The van der Waals surface area contributed by atoms with Crippen molar-refractivity contribution in [3.63, 3.8) is 0 Å². The summed E-state index contributed by atoms with van der Waals surface area (Å²) in [5, 5.41) is 0. The van der Waals surface area contributed by atoms with Gasteiger partial charge in [-0.05, 0) is 25.2 Å². The normalized spacial score (nSPS) is 18.0. The molecule has 1 atom stereocenters. The third-order valence-corrected chi connectivity index (χ3v) is 3.46. The molecule has 1 unspecified atom stereocenters. The van der Waals surface area contributed by atoms with Crippen molar-refractivity contribution in [1.29, 1.82) is 0 Å². The molecule has 11 heavy (non-hydrogen) atoms. The Bertz CT molecular complexity index is 114. The molecule has 0 aliphatic carbocycles. The van der Waals surface area contributed by atoms with E-state index in [4.69, 9.17) is 11.6 Å². The van der Waals surface area contributed by atoms with Crippen molar-refractivity contribution in [1.82, 2.24) is 0 Å². The van der Waals surface area contributed by atoms with E-state index in [1.165, 1.54) is 12.8 Å². The lowest BCUT2D eigenvalue weighted by Crippen LogP contribution is -2.35. The van der Waals surface area contributed by atoms with Crippen molar-refractivity contribution in [2.75, 3.05) is 0 Å². The number of halogens is 1. The largest absolute Gasteiger partial charge is 0.119 e. The molecule has 67 valence electrons. The van der Waals surface area contributed by atoms with Gasteiger partial charge in [0.15, 0.2) is 0 Å². The number of hydrogen-bond donors (Lipinski definition) is 0. The van der Waals surface area contributed by atoms with Gasteiger partial charge in [0.25, 0.3) is 0 Å². The fraction of sp³-hybridized carbons (Fsp3) is 0.900. The molecular formula is C10H20Cl. The van der Waals surface area contributed by atoms with E-state index in [-0.39, 0.29) is 10.3 Å². The van der Waals surface area contributed by atoms with Crippen LogP contribution in [0.3, 0.4) is 0 Å². The first-order chi connectivity index (χ1) is 4.87. The number of alkyl halides is 1. The highest BCUT2D eigenvalue weighted by molar-refractivity contribution is 6.24. The van der Waals surface area contributed by atoms with Crippen LogP contribution in [0.4, 0.5) is 0 Å². The molecule has 0 rings (SSSR count). The third-order valence-electron chi connectivity index (χ3n) is 2.76. The maximum Gasteiger partial charge on any atom is 0.0469 e. The Hall–Kier alpha value is 0.290. The first kappa shape index (κ1) is 11.3. The van der Waals surface area contributed by atoms with E-state index in [2.05, 4.69) is 34.6 Å². The minimum absolute atomic E-state index is 0.150. The summed E-state index contributed by atoms with van der Waals surface area (Å²) in [6.07, 6.45) is 3.15. The summed E-state index contributed by atoms with van der Waals surface area (Å²) in [6, 6.07) is 0. The van der Waals surface area contributed by atoms with Gasteiger partial charge in [-0.25, -0.2) is 0 Å². The van der Waals surface area contributed by atoms with Gasteiger partial charge in [-0.15, -0.1) is 11.6 Å². The summed E-state index contributed by atoms with van der Waals surface area (Å²) in [4.78, 5) is -0.150. The summed E-state index contributed by atoms with van der Waals surface area (Å²) >= 11 is 6.33. The predicted octanol–water partition coefficient (Wildman–Crippen LogP) is 4.03. The van der Waals surface area contributed by atoms with E-state index < -0.39 is 0 Å². The zero-order chi connectivity index (χ0) is 9.12. The number of hydrogen-bond acceptors (Lipinski definition) is 0. The van der Waals surface area contributed by atoms with Gasteiger partial charge in [-0.3, -0.25) is 0 Å². The van der Waals surface area contributed by atoms with E-state index in [9.17, 15) is 0 Å². The van der Waals surface area contributed by atoms with Gasteiger partial charge in [-0.2, -0.15) is 0 Å². The van der Waals surface area contributed by atoms with Gasteiger partial charge in [-0.1, -0.05) is 34.1 Å². The van der Waals surface area contributed by atoms with Crippen LogP contribution < -0.4 is 0 Å². The summed E-state index contributed by atoms with van der Waals surface area (Å²) < 4.78 is 0. The Morgan fingerprint density at radius 2 is 1.73 bits per heavy atom. The highest BCUT2D eigenvalue weighted by Gasteiger charge is 2.36. The second-order valence-electron chi connectivity index (χ2n) is 4.08. The molecule has 0 aliphatic heterocycles. The molecule has 0 saturated heterocycles. The molecule has 1 radical (unpaired) electrons. The zero-order valence-corrected chi connectivity index (χ0v) is 8.96. The van der Waals surface area contributed by atoms with Crippen LogP contribution >= 0.6 is 11.6 Å². The highest BCUT2D eigenvalue weighted by Crippen LogP contribution is 2.42. The summed E-state index contributed by atoms with van der Waals surface area (Å²) in [6.45, 7) is 12.6. The van der Waals surface area contributed by atoms with Crippen LogP contribution in [-0.4, -0.2) is 4.87 Å². The van der Waals surface area contributed by atoms with E-state index in [0.717, 1.165) is 6.42 Å². The summed E-state index contributed by atoms with van der Waals surface area (Å²) in [7, 11) is 0. The summed E-state index contributed by atoms with van der Waals surface area (Å²) in [5.41, 5.74) is 0.199. The molecule has 0 nitrogen and oxygen atoms in total. The standard InChI is InChI=1S/C10H20Cl/c1-6-8-9(3,4)10(5,11)7-2/h2,6-8H2,1,3-5H3. The van der Waals surface area contributed by atoms with Gasteiger partial charge < -0.3 is 0 Å². The van der Waals surface area contributed by atoms with E-state index in [1.54, 1.807) is 0 Å². The molecule has 1 heteroatoms. The quantitative estimate of drug-likeness (QED) is 0.566. The van der Waals surface area contributed by atoms with Crippen molar-refractivity contribution in [3.05, 3.63) is 6.92 Å². The topological polar surface area (TPSA) is 0 Å². The summed E-state index contributed by atoms with van der Waals surface area (Å²) in [5.74, 6) is 0.